The topological polar surface area (TPSA) is 69.8 Å². The van der Waals surface area contributed by atoms with Crippen LogP contribution >= 0.6 is 0 Å². The van der Waals surface area contributed by atoms with E-state index in [0.29, 0.717) is 5.95 Å². The maximum Gasteiger partial charge on any atom is 0.223 e. The molecule has 188 valence electrons. The Hall–Kier alpha value is -4.20. The molecule has 1 aliphatic heterocycles. The van der Waals surface area contributed by atoms with Crippen LogP contribution in [-0.2, 0) is 13.0 Å². The molecule has 3 aromatic heterocycles. The molecule has 0 amide bonds. The highest BCUT2D eigenvalue weighted by Gasteiger charge is 2.31. The predicted octanol–water partition coefficient (Wildman–Crippen LogP) is 6.12. The molecule has 8 heteroatoms. The van der Waals surface area contributed by atoms with Crippen LogP contribution in [0.1, 0.15) is 31.6 Å². The molecule has 6 rings (SSSR count). The van der Waals surface area contributed by atoms with E-state index >= 15 is 0 Å². The number of nitrogens with one attached hydrogen (secondary N) is 1. The molecule has 0 bridgehead atoms. The molecular weight excluding hydrogens is 467 g/mol. The van der Waals surface area contributed by atoms with E-state index in [1.807, 2.05) is 12.1 Å². The van der Waals surface area contributed by atoms with Gasteiger partial charge in [0.25, 0.3) is 0 Å². The van der Waals surface area contributed by atoms with Gasteiger partial charge in [-0.05, 0) is 66.8 Å². The zero-order chi connectivity index (χ0) is 25.4. The normalized spacial score (nSPS) is 14.7. The molecule has 4 heterocycles. The minimum atomic E-state index is -0.266. The Balaban J connectivity index is 1.45. The molecule has 1 unspecified atom stereocenters. The summed E-state index contributed by atoms with van der Waals surface area (Å²) in [5.74, 6) is 2.19. The lowest BCUT2D eigenvalue weighted by molar-refractivity contribution is 0.414. The summed E-state index contributed by atoms with van der Waals surface area (Å²) in [6, 6.07) is 17.0. The number of hydrogen-bond acceptors (Lipinski definition) is 5. The van der Waals surface area contributed by atoms with Crippen molar-refractivity contribution in [3.63, 3.8) is 0 Å². The summed E-state index contributed by atoms with van der Waals surface area (Å²) in [6.07, 6.45) is 6.75. The van der Waals surface area contributed by atoms with Crippen LogP contribution in [0.5, 0.6) is 5.75 Å². The van der Waals surface area contributed by atoms with Crippen LogP contribution in [0, 0.1) is 5.82 Å². The van der Waals surface area contributed by atoms with Gasteiger partial charge in [-0.15, -0.1) is 0 Å². The molecule has 0 fully saturated rings. The SMILES string of the molecule is CCCNc1nccc(-c2c(-c3ccc(F)cc3)nc3n2C(Cn2ccc4ccc(OC)cc42)CC3)n1. The van der Waals surface area contributed by atoms with Gasteiger partial charge in [0.1, 0.15) is 17.4 Å². The maximum atomic E-state index is 13.7. The molecule has 1 aliphatic rings. The number of halogens is 1. The van der Waals surface area contributed by atoms with E-state index in [2.05, 4.69) is 50.8 Å². The Morgan fingerprint density at radius 1 is 1.08 bits per heavy atom. The van der Waals surface area contributed by atoms with Crippen molar-refractivity contribution in [1.82, 2.24) is 24.1 Å². The first-order chi connectivity index (χ1) is 18.1. The Morgan fingerprint density at radius 3 is 2.76 bits per heavy atom. The van der Waals surface area contributed by atoms with Gasteiger partial charge in [0.05, 0.1) is 35.8 Å². The van der Waals surface area contributed by atoms with E-state index in [0.717, 1.165) is 72.1 Å². The summed E-state index contributed by atoms with van der Waals surface area (Å²) >= 11 is 0. The Labute approximate surface area is 215 Å². The number of nitrogens with zero attached hydrogens (tertiary/aromatic N) is 5. The predicted molar refractivity (Wildman–Crippen MR) is 143 cm³/mol. The lowest BCUT2D eigenvalue weighted by Gasteiger charge is -2.19. The van der Waals surface area contributed by atoms with Gasteiger partial charge in [0, 0.05) is 43.5 Å². The average molecular weight is 497 g/mol. The van der Waals surface area contributed by atoms with Crippen molar-refractivity contribution >= 4 is 16.9 Å². The molecule has 0 spiro atoms. The lowest BCUT2D eigenvalue weighted by Crippen LogP contribution is -2.14. The fourth-order valence-electron chi connectivity index (χ4n) is 5.19. The van der Waals surface area contributed by atoms with Crippen molar-refractivity contribution in [3.05, 3.63) is 78.6 Å². The minimum Gasteiger partial charge on any atom is -0.497 e. The van der Waals surface area contributed by atoms with E-state index < -0.39 is 0 Å². The van der Waals surface area contributed by atoms with Crippen molar-refractivity contribution < 1.29 is 9.13 Å². The minimum absolute atomic E-state index is 0.190. The number of rotatable bonds is 8. The zero-order valence-electron chi connectivity index (χ0n) is 21.0. The van der Waals surface area contributed by atoms with Gasteiger partial charge in [-0.3, -0.25) is 0 Å². The number of methoxy groups -OCH3 is 1. The van der Waals surface area contributed by atoms with Gasteiger partial charge >= 0.3 is 0 Å². The van der Waals surface area contributed by atoms with Crippen molar-refractivity contribution in [2.75, 3.05) is 19.0 Å². The molecule has 7 nitrogen and oxygen atoms in total. The largest absolute Gasteiger partial charge is 0.497 e. The molecule has 1 atom stereocenters. The van der Waals surface area contributed by atoms with Crippen molar-refractivity contribution in [2.24, 2.45) is 0 Å². The summed E-state index contributed by atoms with van der Waals surface area (Å²) in [6.45, 7) is 3.70. The molecular formula is C29H29FN6O. The van der Waals surface area contributed by atoms with E-state index in [4.69, 9.17) is 14.7 Å². The van der Waals surface area contributed by atoms with Crippen LogP contribution in [0.15, 0.2) is 67.0 Å². The standard InChI is InChI=1S/C29H29FN6O/c1-3-14-31-29-32-15-12-24(33-29)28-27(20-4-7-21(30)8-5-20)34-26-11-9-22(36(26)28)18-35-16-13-19-6-10-23(37-2)17-25(19)35/h4-8,10,12-13,15-17,22H,3,9,11,14,18H2,1-2H3,(H,31,32,33). The van der Waals surface area contributed by atoms with Crippen molar-refractivity contribution in [2.45, 2.75) is 38.8 Å². The maximum absolute atomic E-state index is 13.7. The second-order valence-corrected chi connectivity index (χ2v) is 9.38. The van der Waals surface area contributed by atoms with Gasteiger partial charge in [-0.1, -0.05) is 6.92 Å². The summed E-state index contributed by atoms with van der Waals surface area (Å²) < 4.78 is 23.8. The Bertz CT molecular complexity index is 1550. The number of benzene rings is 2. The number of ether oxygens (including phenoxy) is 1. The summed E-state index contributed by atoms with van der Waals surface area (Å²) in [5, 5.41) is 4.47. The Kier molecular flexibility index (Phi) is 6.08. The first-order valence-corrected chi connectivity index (χ1v) is 12.7. The van der Waals surface area contributed by atoms with E-state index in [9.17, 15) is 4.39 Å². The van der Waals surface area contributed by atoms with Crippen LogP contribution < -0.4 is 10.1 Å². The summed E-state index contributed by atoms with van der Waals surface area (Å²) in [5.41, 5.74) is 4.58. The fraction of sp³-hybridized carbons (Fsp3) is 0.276. The second-order valence-electron chi connectivity index (χ2n) is 9.38. The van der Waals surface area contributed by atoms with Crippen LogP contribution in [0.3, 0.4) is 0 Å². The fourth-order valence-corrected chi connectivity index (χ4v) is 5.19. The Morgan fingerprint density at radius 2 is 1.95 bits per heavy atom. The average Bonchev–Trinajstić information content (AvgIpc) is 3.62. The second kappa shape index (κ2) is 9.69. The van der Waals surface area contributed by atoms with Crippen molar-refractivity contribution in [1.29, 1.82) is 0 Å². The number of imidazole rings is 1. The van der Waals surface area contributed by atoms with Crippen LogP contribution in [0.4, 0.5) is 10.3 Å². The quantitative estimate of drug-likeness (QED) is 0.280. The third kappa shape index (κ3) is 4.33. The van der Waals surface area contributed by atoms with Gasteiger partial charge in [0.15, 0.2) is 0 Å². The molecule has 0 saturated carbocycles. The third-order valence-electron chi connectivity index (χ3n) is 6.99. The highest BCUT2D eigenvalue weighted by molar-refractivity contribution is 5.82. The first kappa shape index (κ1) is 23.2. The van der Waals surface area contributed by atoms with Crippen LogP contribution in [-0.4, -0.2) is 37.7 Å². The number of fused-ring (bicyclic) bond motifs is 2. The number of aryl methyl sites for hydroxylation is 1. The van der Waals surface area contributed by atoms with E-state index in [-0.39, 0.29) is 11.9 Å². The molecule has 0 radical (unpaired) electrons. The zero-order valence-corrected chi connectivity index (χ0v) is 21.0. The van der Waals surface area contributed by atoms with E-state index in [1.165, 1.54) is 17.5 Å². The van der Waals surface area contributed by atoms with Gasteiger partial charge in [-0.25, -0.2) is 19.3 Å². The highest BCUT2D eigenvalue weighted by atomic mass is 19.1. The third-order valence-corrected chi connectivity index (χ3v) is 6.99. The number of aromatic nitrogens is 5. The monoisotopic (exact) mass is 496 g/mol. The molecule has 2 aromatic carbocycles. The number of hydrogen-bond donors (Lipinski definition) is 1. The highest BCUT2D eigenvalue weighted by Crippen LogP contribution is 2.40. The smallest absolute Gasteiger partial charge is 0.223 e. The molecule has 0 aliphatic carbocycles. The van der Waals surface area contributed by atoms with Crippen LogP contribution in [0.2, 0.25) is 0 Å². The molecule has 37 heavy (non-hydrogen) atoms. The van der Waals surface area contributed by atoms with E-state index in [1.54, 1.807) is 25.4 Å². The molecule has 1 N–H and O–H groups in total. The lowest BCUT2D eigenvalue weighted by atomic mass is 10.1. The van der Waals surface area contributed by atoms with Gasteiger partial charge in [0.2, 0.25) is 5.95 Å². The van der Waals surface area contributed by atoms with Gasteiger partial charge in [-0.2, -0.15) is 0 Å². The van der Waals surface area contributed by atoms with Crippen LogP contribution in [0.25, 0.3) is 33.5 Å². The number of anilines is 1. The summed E-state index contributed by atoms with van der Waals surface area (Å²) in [7, 11) is 1.69. The van der Waals surface area contributed by atoms with Gasteiger partial charge < -0.3 is 19.2 Å². The molecule has 5 aromatic rings. The molecule has 0 saturated heterocycles. The van der Waals surface area contributed by atoms with Crippen molar-refractivity contribution in [3.8, 4) is 28.4 Å². The first-order valence-electron chi connectivity index (χ1n) is 12.7. The summed E-state index contributed by atoms with van der Waals surface area (Å²) in [4.78, 5) is 14.3.